The lowest BCUT2D eigenvalue weighted by atomic mass is 10.1. The van der Waals surface area contributed by atoms with Crippen LogP contribution in [-0.4, -0.2) is 96.0 Å². The zero-order valence-electron chi connectivity index (χ0n) is 20.6. The number of hydrogen-bond donors (Lipinski definition) is 2. The number of anilines is 1. The third kappa shape index (κ3) is 4.89. The van der Waals surface area contributed by atoms with Crippen LogP contribution in [0.4, 0.5) is 11.6 Å². The first-order chi connectivity index (χ1) is 18.0. The van der Waals surface area contributed by atoms with Gasteiger partial charge in [0.2, 0.25) is 11.9 Å². The number of nitrogens with two attached hydrogens (primary N) is 1. The minimum Gasteiger partial charge on any atom is -0.491 e. The molecule has 3 aliphatic rings. The van der Waals surface area contributed by atoms with E-state index in [1.54, 1.807) is 18.9 Å². The number of rotatable bonds is 7. The highest BCUT2D eigenvalue weighted by molar-refractivity contribution is 6.20. The molecule has 0 aliphatic carbocycles. The molecule has 1 aromatic carbocycles. The lowest BCUT2D eigenvalue weighted by Gasteiger charge is -2.30. The number of morpholine rings is 1. The van der Waals surface area contributed by atoms with Crippen molar-refractivity contribution in [3.8, 4) is 11.5 Å². The van der Waals surface area contributed by atoms with Gasteiger partial charge in [0.15, 0.2) is 11.5 Å². The second-order valence-electron chi connectivity index (χ2n) is 8.61. The van der Waals surface area contributed by atoms with Gasteiger partial charge in [-0.05, 0) is 25.5 Å². The van der Waals surface area contributed by atoms with E-state index in [1.807, 2.05) is 17.0 Å². The highest BCUT2D eigenvalue weighted by Crippen LogP contribution is 2.43. The van der Waals surface area contributed by atoms with Crippen molar-refractivity contribution in [1.82, 2.24) is 25.1 Å². The number of nitrogen functional groups attached to an aromatic ring is 1. The average molecular weight is 509 g/mol. The molecule has 5 rings (SSSR count). The lowest BCUT2D eigenvalue weighted by Crippen LogP contribution is -2.47. The molecule has 1 unspecified atom stereocenters. The molecule has 2 amide bonds. The van der Waals surface area contributed by atoms with E-state index in [1.165, 1.54) is 12.4 Å². The molecule has 13 heteroatoms. The summed E-state index contributed by atoms with van der Waals surface area (Å²) >= 11 is 0. The van der Waals surface area contributed by atoms with Crippen molar-refractivity contribution in [3.05, 3.63) is 35.7 Å². The maximum atomic E-state index is 12.8. The smallest absolute Gasteiger partial charge is 0.261 e. The molecular formula is C24H28N8O5. The molecule has 4 heterocycles. The van der Waals surface area contributed by atoms with Gasteiger partial charge in [-0.25, -0.2) is 15.0 Å². The molecule has 0 radical (unpaired) electrons. The Morgan fingerprint density at radius 1 is 1.27 bits per heavy atom. The average Bonchev–Trinajstić information content (AvgIpc) is 3.40. The van der Waals surface area contributed by atoms with Gasteiger partial charge in [-0.1, -0.05) is 0 Å². The van der Waals surface area contributed by atoms with Crippen molar-refractivity contribution in [3.63, 3.8) is 0 Å². The monoisotopic (exact) mass is 508 g/mol. The van der Waals surface area contributed by atoms with Crippen LogP contribution in [-0.2, 0) is 9.53 Å². The summed E-state index contributed by atoms with van der Waals surface area (Å²) in [7, 11) is 1.54. The number of methoxy groups -OCH3 is 1. The van der Waals surface area contributed by atoms with Gasteiger partial charge in [-0.3, -0.25) is 24.8 Å². The molecule has 0 bridgehead atoms. The van der Waals surface area contributed by atoms with Gasteiger partial charge in [0.05, 0.1) is 32.4 Å². The van der Waals surface area contributed by atoms with Gasteiger partial charge in [0, 0.05) is 37.6 Å². The summed E-state index contributed by atoms with van der Waals surface area (Å²) in [6.45, 7) is 4.98. The van der Waals surface area contributed by atoms with Crippen molar-refractivity contribution >= 4 is 35.2 Å². The molecule has 0 saturated carbocycles. The first-order valence-electron chi connectivity index (χ1n) is 12.0. The third-order valence-electron chi connectivity index (χ3n) is 6.23. The first-order valence-corrected chi connectivity index (χ1v) is 12.0. The minimum atomic E-state index is -0.424. The van der Waals surface area contributed by atoms with Crippen LogP contribution in [0.25, 0.3) is 0 Å². The summed E-state index contributed by atoms with van der Waals surface area (Å²) < 4.78 is 17.1. The summed E-state index contributed by atoms with van der Waals surface area (Å²) in [5, 5.41) is 2.83. The fourth-order valence-electron chi connectivity index (χ4n) is 4.37. The zero-order chi connectivity index (χ0) is 25.9. The maximum Gasteiger partial charge on any atom is 0.261 e. The van der Waals surface area contributed by atoms with Crippen LogP contribution in [0.5, 0.6) is 11.5 Å². The normalized spacial score (nSPS) is 18.5. The third-order valence-corrected chi connectivity index (χ3v) is 6.23. The SMILES string of the molecule is COc1c(OCCCN2CCOC(C)C2=O)ccc2c1N=C(NC(=O)c1cnc(N)nc1)N1CCN=C21. The Morgan fingerprint density at radius 2 is 2.08 bits per heavy atom. The van der Waals surface area contributed by atoms with Crippen molar-refractivity contribution in [2.75, 3.05) is 52.2 Å². The topological polar surface area (TPSA) is 157 Å². The number of benzene rings is 1. The predicted octanol–water partition coefficient (Wildman–Crippen LogP) is 0.577. The Labute approximate surface area is 213 Å². The molecule has 1 atom stereocenters. The minimum absolute atomic E-state index is 0.00560. The Bertz CT molecular complexity index is 1260. The van der Waals surface area contributed by atoms with E-state index in [0.717, 1.165) is 5.56 Å². The number of amidine groups is 1. The molecule has 1 aromatic heterocycles. The number of hydrogen-bond acceptors (Lipinski definition) is 11. The van der Waals surface area contributed by atoms with Gasteiger partial charge in [-0.2, -0.15) is 0 Å². The quantitative estimate of drug-likeness (QED) is 0.511. The predicted molar refractivity (Wildman–Crippen MR) is 134 cm³/mol. The van der Waals surface area contributed by atoms with Crippen LogP contribution in [0.1, 0.15) is 29.3 Å². The molecule has 13 nitrogen and oxygen atoms in total. The Balaban J connectivity index is 1.33. The summed E-state index contributed by atoms with van der Waals surface area (Å²) in [5.74, 6) is 1.61. The lowest BCUT2D eigenvalue weighted by molar-refractivity contribution is -0.151. The van der Waals surface area contributed by atoms with Gasteiger partial charge < -0.3 is 24.8 Å². The number of fused-ring (bicyclic) bond motifs is 3. The van der Waals surface area contributed by atoms with E-state index in [0.29, 0.717) is 74.8 Å². The molecule has 1 saturated heterocycles. The van der Waals surface area contributed by atoms with Crippen LogP contribution in [0.15, 0.2) is 34.5 Å². The molecule has 0 spiro atoms. The first kappa shape index (κ1) is 24.4. The number of carbonyl (C=O) groups is 2. The Morgan fingerprint density at radius 3 is 2.86 bits per heavy atom. The number of aliphatic imine (C=N–C) groups is 2. The second-order valence-corrected chi connectivity index (χ2v) is 8.61. The van der Waals surface area contributed by atoms with E-state index < -0.39 is 12.0 Å². The van der Waals surface area contributed by atoms with Crippen molar-refractivity contribution in [2.24, 2.45) is 9.98 Å². The van der Waals surface area contributed by atoms with Crippen molar-refractivity contribution in [2.45, 2.75) is 19.4 Å². The molecule has 3 aliphatic heterocycles. The molecule has 2 aromatic rings. The van der Waals surface area contributed by atoms with Crippen LogP contribution < -0.4 is 20.5 Å². The highest BCUT2D eigenvalue weighted by Gasteiger charge is 2.33. The fourth-order valence-corrected chi connectivity index (χ4v) is 4.37. The second kappa shape index (κ2) is 10.4. The van der Waals surface area contributed by atoms with Crippen LogP contribution in [0.3, 0.4) is 0 Å². The molecule has 1 fully saturated rings. The van der Waals surface area contributed by atoms with E-state index in [4.69, 9.17) is 24.9 Å². The molecule has 3 N–H and O–H groups in total. The number of aromatic nitrogens is 2. The van der Waals surface area contributed by atoms with E-state index in [9.17, 15) is 9.59 Å². The van der Waals surface area contributed by atoms with Gasteiger partial charge in [0.1, 0.15) is 17.6 Å². The van der Waals surface area contributed by atoms with Crippen LogP contribution in [0, 0.1) is 0 Å². The van der Waals surface area contributed by atoms with Crippen molar-refractivity contribution in [1.29, 1.82) is 0 Å². The maximum absolute atomic E-state index is 12.8. The zero-order valence-corrected chi connectivity index (χ0v) is 20.6. The number of carbonyl (C=O) groups excluding carboxylic acids is 2. The molecule has 37 heavy (non-hydrogen) atoms. The highest BCUT2D eigenvalue weighted by atomic mass is 16.5. The fraction of sp³-hybridized carbons (Fsp3) is 0.417. The Hall–Kier alpha value is -4.26. The molecule has 194 valence electrons. The number of guanidine groups is 1. The molecular weight excluding hydrogens is 480 g/mol. The standard InChI is InChI=1S/C24H28N8O5/c1-14-22(34)31(9-11-36-14)7-3-10-37-17-5-4-16-18(19(17)35-2)29-24(32-8-6-26-20(16)32)30-21(33)15-12-27-23(25)28-13-15/h4-5,12-14H,3,6-11H2,1-2H3,(H2,25,27,28)(H,29,30,33). The van der Waals surface area contributed by atoms with Crippen LogP contribution >= 0.6 is 0 Å². The van der Waals surface area contributed by atoms with Gasteiger partial charge in [-0.15, -0.1) is 0 Å². The van der Waals surface area contributed by atoms with E-state index in [-0.39, 0.29) is 17.4 Å². The summed E-state index contributed by atoms with van der Waals surface area (Å²) in [6, 6.07) is 3.71. The van der Waals surface area contributed by atoms with Gasteiger partial charge in [0.25, 0.3) is 11.8 Å². The number of nitrogens with one attached hydrogen (secondary N) is 1. The summed E-state index contributed by atoms with van der Waals surface area (Å²) in [6.07, 6.45) is 2.94. The number of nitrogens with zero attached hydrogens (tertiary/aromatic N) is 6. The number of ether oxygens (including phenoxy) is 3. The van der Waals surface area contributed by atoms with Crippen molar-refractivity contribution < 1.29 is 23.8 Å². The van der Waals surface area contributed by atoms with Gasteiger partial charge >= 0.3 is 0 Å². The van der Waals surface area contributed by atoms with Crippen LogP contribution in [0.2, 0.25) is 0 Å². The number of amides is 2. The van der Waals surface area contributed by atoms with E-state index >= 15 is 0 Å². The summed E-state index contributed by atoms with van der Waals surface area (Å²) in [5.41, 5.74) is 7.06. The Kier molecular flexibility index (Phi) is 6.86. The van der Waals surface area contributed by atoms with E-state index in [2.05, 4.69) is 20.3 Å². The largest absolute Gasteiger partial charge is 0.491 e. The summed E-state index contributed by atoms with van der Waals surface area (Å²) in [4.78, 5) is 45.8.